The van der Waals surface area contributed by atoms with Gasteiger partial charge < -0.3 is 14.8 Å². The van der Waals surface area contributed by atoms with Gasteiger partial charge in [-0.15, -0.1) is 0 Å². The number of nitrogens with one attached hydrogen (secondary N) is 2. The monoisotopic (exact) mass is 463 g/mol. The number of aryl methyl sites for hydroxylation is 1. The van der Waals surface area contributed by atoms with Crippen LogP contribution in [0.3, 0.4) is 0 Å². The number of carbonyl (C=O) groups excluding carboxylic acids is 3. The lowest BCUT2D eigenvalue weighted by atomic mass is 10.1. The molecule has 0 saturated carbocycles. The van der Waals surface area contributed by atoms with Gasteiger partial charge in [-0.05, 0) is 67.1 Å². The van der Waals surface area contributed by atoms with Crippen LogP contribution in [-0.4, -0.2) is 37.7 Å². The van der Waals surface area contributed by atoms with Crippen LogP contribution in [0.15, 0.2) is 71.8 Å². The topological polar surface area (TPSA) is 106 Å². The van der Waals surface area contributed by atoms with Gasteiger partial charge in [0, 0.05) is 5.56 Å². The molecule has 0 atom stereocenters. The van der Waals surface area contributed by atoms with Crippen LogP contribution in [0.5, 0.6) is 11.5 Å². The average molecular weight is 463 g/mol. The third kappa shape index (κ3) is 6.73. The number of rotatable bonds is 8. The first-order valence-electron chi connectivity index (χ1n) is 10.2. The fraction of sp³-hybridized carbons (Fsp3) is 0.120. The van der Waals surface area contributed by atoms with Crippen molar-refractivity contribution in [1.29, 1.82) is 0 Å². The van der Waals surface area contributed by atoms with Crippen LogP contribution in [0.1, 0.15) is 31.8 Å². The molecule has 9 heteroatoms. The molecule has 0 spiro atoms. The molecule has 2 amide bonds. The Morgan fingerprint density at radius 2 is 1.62 bits per heavy atom. The Bertz CT molecular complexity index is 1210. The minimum Gasteiger partial charge on any atom is -0.493 e. The first-order valence-corrected chi connectivity index (χ1v) is 10.2. The van der Waals surface area contributed by atoms with Crippen molar-refractivity contribution >= 4 is 24.0 Å². The van der Waals surface area contributed by atoms with E-state index in [0.717, 1.165) is 17.7 Å². The van der Waals surface area contributed by atoms with Crippen molar-refractivity contribution in [2.45, 2.75) is 6.92 Å². The van der Waals surface area contributed by atoms with E-state index in [1.165, 1.54) is 25.5 Å². The summed E-state index contributed by atoms with van der Waals surface area (Å²) >= 11 is 0. The van der Waals surface area contributed by atoms with Gasteiger partial charge in [0.15, 0.2) is 11.5 Å². The number of carbonyl (C=O) groups is 3. The summed E-state index contributed by atoms with van der Waals surface area (Å²) in [7, 11) is 1.44. The molecule has 2 N–H and O–H groups in total. The third-order valence-electron chi connectivity index (χ3n) is 4.60. The van der Waals surface area contributed by atoms with Crippen molar-refractivity contribution in [2.24, 2.45) is 5.10 Å². The zero-order valence-electron chi connectivity index (χ0n) is 18.5. The Morgan fingerprint density at radius 3 is 2.29 bits per heavy atom. The molecule has 3 aromatic carbocycles. The van der Waals surface area contributed by atoms with E-state index in [-0.39, 0.29) is 17.9 Å². The van der Waals surface area contributed by atoms with E-state index in [0.29, 0.717) is 16.9 Å². The summed E-state index contributed by atoms with van der Waals surface area (Å²) in [5, 5.41) is 6.25. The molecule has 0 heterocycles. The average Bonchev–Trinajstić information content (AvgIpc) is 2.84. The van der Waals surface area contributed by atoms with E-state index < -0.39 is 23.6 Å². The molecule has 0 aromatic heterocycles. The molecular formula is C25H22FN3O5. The zero-order chi connectivity index (χ0) is 24.5. The maximum absolute atomic E-state index is 12.9. The Labute approximate surface area is 195 Å². The van der Waals surface area contributed by atoms with Gasteiger partial charge in [0.1, 0.15) is 5.82 Å². The fourth-order valence-electron chi connectivity index (χ4n) is 2.78. The van der Waals surface area contributed by atoms with Crippen molar-refractivity contribution in [3.05, 3.63) is 94.8 Å². The molecule has 8 nitrogen and oxygen atoms in total. The number of nitrogens with zero attached hydrogens (tertiary/aromatic N) is 1. The van der Waals surface area contributed by atoms with Crippen LogP contribution < -0.4 is 20.2 Å². The molecule has 34 heavy (non-hydrogen) atoms. The first-order chi connectivity index (χ1) is 16.4. The normalized spacial score (nSPS) is 10.6. The molecule has 0 saturated heterocycles. The predicted molar refractivity (Wildman–Crippen MR) is 124 cm³/mol. The van der Waals surface area contributed by atoms with Gasteiger partial charge in [-0.25, -0.2) is 14.6 Å². The van der Waals surface area contributed by atoms with E-state index in [9.17, 15) is 18.8 Å². The van der Waals surface area contributed by atoms with Gasteiger partial charge in [-0.3, -0.25) is 9.59 Å². The third-order valence-corrected chi connectivity index (χ3v) is 4.60. The van der Waals surface area contributed by atoms with E-state index in [1.807, 2.05) is 19.1 Å². The molecule has 174 valence electrons. The molecular weight excluding hydrogens is 441 g/mol. The Balaban J connectivity index is 1.53. The number of hydrazone groups is 1. The van der Waals surface area contributed by atoms with Crippen LogP contribution in [-0.2, 0) is 4.79 Å². The standard InChI is InChI=1S/C25H22FN3O5/c1-16-3-6-19(7-4-16)25(32)34-21-12-5-17(13-22(21)33-2)14-28-29-23(30)15-27-24(31)18-8-10-20(26)11-9-18/h3-14H,15H2,1-2H3,(H,27,31)(H,29,30). The predicted octanol–water partition coefficient (Wildman–Crippen LogP) is 3.24. The molecule has 0 unspecified atom stereocenters. The molecule has 0 fully saturated rings. The highest BCUT2D eigenvalue weighted by molar-refractivity contribution is 5.96. The summed E-state index contributed by atoms with van der Waals surface area (Å²) in [6.45, 7) is 1.61. The van der Waals surface area contributed by atoms with E-state index in [1.54, 1.807) is 30.3 Å². The van der Waals surface area contributed by atoms with Crippen LogP contribution in [0, 0.1) is 12.7 Å². The quantitative estimate of drug-likeness (QED) is 0.231. The highest BCUT2D eigenvalue weighted by atomic mass is 19.1. The minimum atomic E-state index is -0.553. The molecule has 0 radical (unpaired) electrons. The van der Waals surface area contributed by atoms with Gasteiger partial charge in [-0.1, -0.05) is 17.7 Å². The summed E-state index contributed by atoms with van der Waals surface area (Å²) in [6.07, 6.45) is 1.37. The second-order valence-electron chi connectivity index (χ2n) is 7.15. The van der Waals surface area contributed by atoms with Gasteiger partial charge in [0.25, 0.3) is 11.8 Å². The largest absolute Gasteiger partial charge is 0.493 e. The van der Waals surface area contributed by atoms with Crippen molar-refractivity contribution in [2.75, 3.05) is 13.7 Å². The maximum atomic E-state index is 12.9. The number of methoxy groups -OCH3 is 1. The van der Waals surface area contributed by atoms with Crippen LogP contribution in [0.4, 0.5) is 4.39 Å². The SMILES string of the molecule is COc1cc(C=NNC(=O)CNC(=O)c2ccc(F)cc2)ccc1OC(=O)c1ccc(C)cc1. The molecule has 0 aliphatic rings. The van der Waals surface area contributed by atoms with Crippen LogP contribution in [0.25, 0.3) is 0 Å². The number of esters is 1. The van der Waals surface area contributed by atoms with Crippen molar-refractivity contribution < 1.29 is 28.2 Å². The number of hydrogen-bond donors (Lipinski definition) is 2. The highest BCUT2D eigenvalue weighted by Gasteiger charge is 2.13. The summed E-state index contributed by atoms with van der Waals surface area (Å²) in [6, 6.07) is 16.7. The number of halogens is 1. The van der Waals surface area contributed by atoms with Gasteiger partial charge >= 0.3 is 5.97 Å². The molecule has 3 rings (SSSR count). The molecule has 0 aliphatic carbocycles. The smallest absolute Gasteiger partial charge is 0.343 e. The van der Waals surface area contributed by atoms with Crippen molar-refractivity contribution in [3.63, 3.8) is 0 Å². The zero-order valence-corrected chi connectivity index (χ0v) is 18.5. The highest BCUT2D eigenvalue weighted by Crippen LogP contribution is 2.28. The number of benzene rings is 3. The Hall–Kier alpha value is -4.53. The minimum absolute atomic E-state index is 0.230. The lowest BCUT2D eigenvalue weighted by molar-refractivity contribution is -0.120. The summed E-state index contributed by atoms with van der Waals surface area (Å²) in [4.78, 5) is 36.2. The summed E-state index contributed by atoms with van der Waals surface area (Å²) < 4.78 is 23.6. The van der Waals surface area contributed by atoms with Crippen molar-refractivity contribution in [1.82, 2.24) is 10.7 Å². The molecule has 0 aliphatic heterocycles. The van der Waals surface area contributed by atoms with E-state index in [4.69, 9.17) is 9.47 Å². The molecule has 3 aromatic rings. The summed E-state index contributed by atoms with van der Waals surface area (Å²) in [5.74, 6) is -1.51. The Morgan fingerprint density at radius 1 is 0.941 bits per heavy atom. The van der Waals surface area contributed by atoms with Gasteiger partial charge in [0.2, 0.25) is 0 Å². The first kappa shape index (κ1) is 24.1. The van der Waals surface area contributed by atoms with Gasteiger partial charge in [0.05, 0.1) is 25.4 Å². The van der Waals surface area contributed by atoms with Gasteiger partial charge in [-0.2, -0.15) is 5.10 Å². The lowest BCUT2D eigenvalue weighted by Crippen LogP contribution is -2.34. The van der Waals surface area contributed by atoms with Crippen LogP contribution in [0.2, 0.25) is 0 Å². The number of ether oxygens (including phenoxy) is 2. The lowest BCUT2D eigenvalue weighted by Gasteiger charge is -2.10. The number of amides is 2. The Kier molecular flexibility index (Phi) is 8.07. The van der Waals surface area contributed by atoms with E-state index in [2.05, 4.69) is 15.8 Å². The second-order valence-corrected chi connectivity index (χ2v) is 7.15. The maximum Gasteiger partial charge on any atom is 0.343 e. The van der Waals surface area contributed by atoms with Crippen molar-refractivity contribution in [3.8, 4) is 11.5 Å². The number of hydrogen-bond acceptors (Lipinski definition) is 6. The summed E-state index contributed by atoms with van der Waals surface area (Å²) in [5.41, 5.74) is 4.53. The van der Waals surface area contributed by atoms with Crippen LogP contribution >= 0.6 is 0 Å². The second kappa shape index (κ2) is 11.4. The molecule has 0 bridgehead atoms. The fourth-order valence-corrected chi connectivity index (χ4v) is 2.78. The van der Waals surface area contributed by atoms with E-state index >= 15 is 0 Å².